The lowest BCUT2D eigenvalue weighted by Gasteiger charge is -1.95. The molecule has 0 radical (unpaired) electrons. The maximum absolute atomic E-state index is 11.5. The molecular formula is C12H12N2O2S. The lowest BCUT2D eigenvalue weighted by atomic mass is 10.3. The number of amides is 1. The van der Waals surface area contributed by atoms with Crippen molar-refractivity contribution in [2.24, 2.45) is 5.92 Å². The number of carbonyl (C=O) groups is 1. The van der Waals surface area contributed by atoms with E-state index in [1.165, 1.54) is 4.88 Å². The zero-order chi connectivity index (χ0) is 11.8. The summed E-state index contributed by atoms with van der Waals surface area (Å²) in [6.07, 6.45) is 1.97. The molecular weight excluding hydrogens is 236 g/mol. The molecule has 0 unspecified atom stereocenters. The number of anilines is 1. The van der Waals surface area contributed by atoms with Crippen LogP contribution in [-0.2, 0) is 4.79 Å². The van der Waals surface area contributed by atoms with Crippen molar-refractivity contribution in [1.29, 1.82) is 0 Å². The van der Waals surface area contributed by atoms with Gasteiger partial charge >= 0.3 is 0 Å². The summed E-state index contributed by atoms with van der Waals surface area (Å²) in [7, 11) is 0. The predicted octanol–water partition coefficient (Wildman–Crippen LogP) is 3.06. The SMILES string of the molecule is Cc1ccc(-c2cc(NC(=O)C3CC3)on2)s1. The number of nitrogens with zero attached hydrogens (tertiary/aromatic N) is 1. The van der Waals surface area contributed by atoms with Crippen molar-refractivity contribution >= 4 is 23.1 Å². The quantitative estimate of drug-likeness (QED) is 0.908. The van der Waals surface area contributed by atoms with Crippen molar-refractivity contribution in [3.8, 4) is 10.6 Å². The minimum atomic E-state index is 0.0371. The highest BCUT2D eigenvalue weighted by Crippen LogP contribution is 2.32. The lowest BCUT2D eigenvalue weighted by molar-refractivity contribution is -0.117. The molecule has 0 bridgehead atoms. The first-order valence-corrected chi connectivity index (χ1v) is 6.38. The monoisotopic (exact) mass is 248 g/mol. The standard InChI is InChI=1S/C12H12N2O2S/c1-7-2-5-10(17-7)9-6-11(16-14-9)13-12(15)8-3-4-8/h2,5-6,8H,3-4H2,1H3,(H,13,15). The summed E-state index contributed by atoms with van der Waals surface area (Å²) >= 11 is 1.66. The molecule has 1 amide bonds. The van der Waals surface area contributed by atoms with Crippen LogP contribution in [0.15, 0.2) is 22.7 Å². The minimum absolute atomic E-state index is 0.0371. The molecule has 2 aromatic rings. The third-order valence-corrected chi connectivity index (χ3v) is 3.72. The Morgan fingerprint density at radius 1 is 1.53 bits per heavy atom. The van der Waals surface area contributed by atoms with Gasteiger partial charge in [0.15, 0.2) is 0 Å². The topological polar surface area (TPSA) is 55.1 Å². The average Bonchev–Trinajstić information content (AvgIpc) is 2.92. The van der Waals surface area contributed by atoms with E-state index in [0.717, 1.165) is 23.4 Å². The average molecular weight is 248 g/mol. The fourth-order valence-corrected chi connectivity index (χ4v) is 2.41. The Morgan fingerprint density at radius 2 is 2.35 bits per heavy atom. The Hall–Kier alpha value is -1.62. The zero-order valence-electron chi connectivity index (χ0n) is 9.40. The second-order valence-corrected chi connectivity index (χ2v) is 5.54. The Kier molecular flexibility index (Phi) is 2.48. The van der Waals surface area contributed by atoms with Gasteiger partial charge in [-0.3, -0.25) is 10.1 Å². The van der Waals surface area contributed by atoms with Gasteiger partial charge in [-0.05, 0) is 31.9 Å². The molecule has 1 aliphatic carbocycles. The van der Waals surface area contributed by atoms with E-state index >= 15 is 0 Å². The molecule has 88 valence electrons. The molecule has 5 heteroatoms. The number of nitrogens with one attached hydrogen (secondary N) is 1. The molecule has 0 aliphatic heterocycles. The summed E-state index contributed by atoms with van der Waals surface area (Å²) in [4.78, 5) is 13.8. The van der Waals surface area contributed by atoms with Crippen LogP contribution in [0.4, 0.5) is 5.88 Å². The largest absolute Gasteiger partial charge is 0.338 e. The lowest BCUT2D eigenvalue weighted by Crippen LogP contribution is -2.12. The normalized spacial score (nSPS) is 14.9. The summed E-state index contributed by atoms with van der Waals surface area (Å²) in [5, 5.41) is 6.69. The van der Waals surface area contributed by atoms with E-state index in [2.05, 4.69) is 10.5 Å². The van der Waals surface area contributed by atoms with Crippen molar-refractivity contribution in [1.82, 2.24) is 5.16 Å². The van der Waals surface area contributed by atoms with Crippen LogP contribution in [0, 0.1) is 12.8 Å². The molecule has 1 fully saturated rings. The number of aromatic nitrogens is 1. The van der Waals surface area contributed by atoms with E-state index in [0.29, 0.717) is 5.88 Å². The van der Waals surface area contributed by atoms with E-state index in [9.17, 15) is 4.79 Å². The van der Waals surface area contributed by atoms with Gasteiger partial charge in [0.25, 0.3) is 0 Å². The summed E-state index contributed by atoms with van der Waals surface area (Å²) in [6.45, 7) is 2.05. The van der Waals surface area contributed by atoms with Gasteiger partial charge in [-0.1, -0.05) is 5.16 Å². The molecule has 2 heterocycles. The van der Waals surface area contributed by atoms with E-state index in [4.69, 9.17) is 4.52 Å². The van der Waals surface area contributed by atoms with Gasteiger partial charge in [0.1, 0.15) is 5.69 Å². The van der Waals surface area contributed by atoms with Gasteiger partial charge in [-0.15, -0.1) is 11.3 Å². The van der Waals surface area contributed by atoms with E-state index in [-0.39, 0.29) is 11.8 Å². The van der Waals surface area contributed by atoms with Gasteiger partial charge in [0.05, 0.1) is 4.88 Å². The van der Waals surface area contributed by atoms with E-state index in [1.54, 1.807) is 17.4 Å². The second-order valence-electron chi connectivity index (χ2n) is 4.25. The van der Waals surface area contributed by atoms with Gasteiger partial charge in [-0.25, -0.2) is 0 Å². The summed E-state index contributed by atoms with van der Waals surface area (Å²) < 4.78 is 5.10. The van der Waals surface area contributed by atoms with Crippen LogP contribution in [-0.4, -0.2) is 11.1 Å². The highest BCUT2D eigenvalue weighted by Gasteiger charge is 2.30. The third-order valence-electron chi connectivity index (χ3n) is 2.70. The number of hydrogen-bond donors (Lipinski definition) is 1. The molecule has 17 heavy (non-hydrogen) atoms. The third kappa shape index (κ3) is 2.24. The van der Waals surface area contributed by atoms with Crippen LogP contribution in [0.25, 0.3) is 10.6 Å². The van der Waals surface area contributed by atoms with Gasteiger partial charge in [0.2, 0.25) is 11.8 Å². The highest BCUT2D eigenvalue weighted by atomic mass is 32.1. The van der Waals surface area contributed by atoms with Gasteiger partial charge < -0.3 is 4.52 Å². The van der Waals surface area contributed by atoms with E-state index in [1.807, 2.05) is 19.1 Å². The van der Waals surface area contributed by atoms with Crippen LogP contribution in [0.2, 0.25) is 0 Å². The van der Waals surface area contributed by atoms with Gasteiger partial charge in [0, 0.05) is 16.9 Å². The Labute approximate surface area is 103 Å². The number of thiophene rings is 1. The fourth-order valence-electron chi connectivity index (χ4n) is 1.59. The van der Waals surface area contributed by atoms with Crippen molar-refractivity contribution in [3.05, 3.63) is 23.1 Å². The van der Waals surface area contributed by atoms with Crippen molar-refractivity contribution in [2.75, 3.05) is 5.32 Å². The summed E-state index contributed by atoms with van der Waals surface area (Å²) in [5.41, 5.74) is 0.772. The Morgan fingerprint density at radius 3 is 3.00 bits per heavy atom. The molecule has 1 N–H and O–H groups in total. The first-order chi connectivity index (χ1) is 8.22. The molecule has 0 aromatic carbocycles. The van der Waals surface area contributed by atoms with Crippen molar-refractivity contribution < 1.29 is 9.32 Å². The smallest absolute Gasteiger partial charge is 0.231 e. The maximum Gasteiger partial charge on any atom is 0.231 e. The molecule has 0 saturated heterocycles. The highest BCUT2D eigenvalue weighted by molar-refractivity contribution is 7.15. The Bertz CT molecular complexity index is 554. The fraction of sp³-hybridized carbons (Fsp3) is 0.333. The zero-order valence-corrected chi connectivity index (χ0v) is 10.2. The van der Waals surface area contributed by atoms with Crippen molar-refractivity contribution in [3.63, 3.8) is 0 Å². The maximum atomic E-state index is 11.5. The molecule has 2 aromatic heterocycles. The minimum Gasteiger partial charge on any atom is -0.338 e. The summed E-state index contributed by atoms with van der Waals surface area (Å²) in [5.74, 6) is 0.644. The van der Waals surface area contributed by atoms with Crippen LogP contribution >= 0.6 is 11.3 Å². The number of rotatable bonds is 3. The molecule has 1 aliphatic rings. The molecule has 0 spiro atoms. The predicted molar refractivity (Wildman–Crippen MR) is 65.9 cm³/mol. The van der Waals surface area contributed by atoms with Crippen LogP contribution in [0.1, 0.15) is 17.7 Å². The first-order valence-electron chi connectivity index (χ1n) is 5.57. The van der Waals surface area contributed by atoms with Crippen LogP contribution in [0.3, 0.4) is 0 Å². The van der Waals surface area contributed by atoms with Crippen LogP contribution in [0.5, 0.6) is 0 Å². The molecule has 1 saturated carbocycles. The molecule has 0 atom stereocenters. The number of aryl methyl sites for hydroxylation is 1. The summed E-state index contributed by atoms with van der Waals surface area (Å²) in [6, 6.07) is 5.81. The molecule has 3 rings (SSSR count). The number of hydrogen-bond acceptors (Lipinski definition) is 4. The van der Waals surface area contributed by atoms with Crippen LogP contribution < -0.4 is 5.32 Å². The van der Waals surface area contributed by atoms with E-state index < -0.39 is 0 Å². The van der Waals surface area contributed by atoms with Gasteiger partial charge in [-0.2, -0.15) is 0 Å². The second kappa shape index (κ2) is 4.00. The Balaban J connectivity index is 1.75. The van der Waals surface area contributed by atoms with Crippen molar-refractivity contribution in [2.45, 2.75) is 19.8 Å². The first kappa shape index (κ1) is 10.5. The molecule has 4 nitrogen and oxygen atoms in total. The number of carbonyl (C=O) groups excluding carboxylic acids is 1.